The molecule has 0 aromatic heterocycles. The highest BCUT2D eigenvalue weighted by atomic mass is 16.5. The lowest BCUT2D eigenvalue weighted by atomic mass is 9.84. The first kappa shape index (κ1) is 18.2. The van der Waals surface area contributed by atoms with Gasteiger partial charge in [-0.15, -0.1) is 0 Å². The standard InChI is InChI=1S/C24H25NO4/c1-28-16-8-6-15(7-9-16)11-13-25-23(27)21-18-10-12-24(22(18)21)14-19(26)17-4-2-3-5-20(17)29-24/h2-9,18,21-22H,10-14H2,1H3,(H,25,27)/t18-,21-,22+,24-/m1/s1. The lowest BCUT2D eigenvalue weighted by Crippen LogP contribution is -2.44. The number of amides is 1. The van der Waals surface area contributed by atoms with Crippen molar-refractivity contribution in [2.45, 2.75) is 31.3 Å². The highest BCUT2D eigenvalue weighted by Crippen LogP contribution is 2.65. The van der Waals surface area contributed by atoms with Gasteiger partial charge in [-0.3, -0.25) is 9.59 Å². The predicted octanol–water partition coefficient (Wildman–Crippen LogP) is 3.41. The van der Waals surface area contributed by atoms with E-state index in [1.165, 1.54) is 0 Å². The Kier molecular flexibility index (Phi) is 4.34. The molecular weight excluding hydrogens is 366 g/mol. The summed E-state index contributed by atoms with van der Waals surface area (Å²) in [5.74, 6) is 2.21. The number of para-hydroxylation sites is 1. The Balaban J connectivity index is 1.21. The van der Waals surface area contributed by atoms with Gasteiger partial charge in [-0.1, -0.05) is 24.3 Å². The van der Waals surface area contributed by atoms with E-state index in [4.69, 9.17) is 9.47 Å². The van der Waals surface area contributed by atoms with Crippen LogP contribution in [0.1, 0.15) is 35.2 Å². The van der Waals surface area contributed by atoms with Gasteiger partial charge in [0.15, 0.2) is 5.78 Å². The lowest BCUT2D eigenvalue weighted by Gasteiger charge is -2.37. The molecule has 0 radical (unpaired) electrons. The number of carbonyl (C=O) groups excluding carboxylic acids is 2. The SMILES string of the molecule is COc1ccc(CCNC(=O)[C@@H]2[C@H]3CC[C@@]4(CC(=O)c5ccccc5O4)[C@@H]32)cc1. The molecule has 2 aromatic rings. The van der Waals surface area contributed by atoms with Gasteiger partial charge < -0.3 is 14.8 Å². The highest BCUT2D eigenvalue weighted by molar-refractivity contribution is 6.00. The summed E-state index contributed by atoms with van der Waals surface area (Å²) in [7, 11) is 1.65. The molecule has 150 valence electrons. The van der Waals surface area contributed by atoms with Gasteiger partial charge in [0, 0.05) is 18.4 Å². The first-order valence-corrected chi connectivity index (χ1v) is 10.3. The van der Waals surface area contributed by atoms with E-state index in [2.05, 4.69) is 5.32 Å². The van der Waals surface area contributed by atoms with E-state index in [0.29, 0.717) is 30.2 Å². The summed E-state index contributed by atoms with van der Waals surface area (Å²) in [4.78, 5) is 25.5. The molecule has 5 nitrogen and oxygen atoms in total. The number of ether oxygens (including phenoxy) is 2. The Morgan fingerprint density at radius 2 is 2.00 bits per heavy atom. The third-order valence-corrected chi connectivity index (χ3v) is 6.81. The zero-order valence-corrected chi connectivity index (χ0v) is 16.5. The van der Waals surface area contributed by atoms with Gasteiger partial charge in [-0.2, -0.15) is 0 Å². The maximum Gasteiger partial charge on any atom is 0.223 e. The van der Waals surface area contributed by atoms with E-state index in [1.807, 2.05) is 48.5 Å². The van der Waals surface area contributed by atoms with Gasteiger partial charge in [-0.25, -0.2) is 0 Å². The van der Waals surface area contributed by atoms with Crippen molar-refractivity contribution in [3.8, 4) is 11.5 Å². The number of carbonyl (C=O) groups is 2. The quantitative estimate of drug-likeness (QED) is 0.848. The Labute approximate surface area is 170 Å². The average Bonchev–Trinajstić information content (AvgIpc) is 3.39. The molecule has 0 unspecified atom stereocenters. The Morgan fingerprint density at radius 1 is 1.21 bits per heavy atom. The van der Waals surface area contributed by atoms with Crippen LogP contribution in [0.3, 0.4) is 0 Å². The molecule has 1 aliphatic heterocycles. The van der Waals surface area contributed by atoms with E-state index in [0.717, 1.165) is 30.6 Å². The molecule has 1 spiro atoms. The maximum atomic E-state index is 12.8. The second-order valence-corrected chi connectivity index (χ2v) is 8.41. The molecule has 1 N–H and O–H groups in total. The van der Waals surface area contributed by atoms with Crippen LogP contribution in [0.5, 0.6) is 11.5 Å². The smallest absolute Gasteiger partial charge is 0.223 e. The van der Waals surface area contributed by atoms with Gasteiger partial charge in [0.1, 0.15) is 17.1 Å². The summed E-state index contributed by atoms with van der Waals surface area (Å²) in [5, 5.41) is 3.09. The maximum absolute atomic E-state index is 12.8. The number of ketones is 1. The van der Waals surface area contributed by atoms with Crippen molar-refractivity contribution in [1.29, 1.82) is 0 Å². The normalized spacial score (nSPS) is 29.0. The fourth-order valence-corrected chi connectivity index (χ4v) is 5.36. The number of nitrogens with one attached hydrogen (secondary N) is 1. The summed E-state index contributed by atoms with van der Waals surface area (Å²) in [6.07, 6.45) is 2.99. The first-order chi connectivity index (χ1) is 14.1. The molecule has 3 aliphatic rings. The van der Waals surface area contributed by atoms with Crippen LogP contribution in [-0.4, -0.2) is 30.9 Å². The van der Waals surface area contributed by atoms with Crippen LogP contribution in [0.25, 0.3) is 0 Å². The van der Waals surface area contributed by atoms with Crippen molar-refractivity contribution in [3.63, 3.8) is 0 Å². The third kappa shape index (κ3) is 3.09. The first-order valence-electron chi connectivity index (χ1n) is 10.3. The molecule has 2 saturated carbocycles. The summed E-state index contributed by atoms with van der Waals surface area (Å²) in [5.41, 5.74) is 1.34. The van der Waals surface area contributed by atoms with Gasteiger partial charge in [-0.05, 0) is 55.0 Å². The fourth-order valence-electron chi connectivity index (χ4n) is 5.36. The van der Waals surface area contributed by atoms with E-state index < -0.39 is 5.60 Å². The van der Waals surface area contributed by atoms with Crippen molar-refractivity contribution in [2.24, 2.45) is 17.8 Å². The van der Waals surface area contributed by atoms with Crippen molar-refractivity contribution in [1.82, 2.24) is 5.32 Å². The Morgan fingerprint density at radius 3 is 2.79 bits per heavy atom. The van der Waals surface area contributed by atoms with Gasteiger partial charge in [0.05, 0.1) is 19.1 Å². The van der Waals surface area contributed by atoms with E-state index in [1.54, 1.807) is 7.11 Å². The number of hydrogen-bond donors (Lipinski definition) is 1. The molecule has 0 saturated heterocycles. The number of Topliss-reactive ketones (excluding diaryl/α,β-unsaturated/α-hetero) is 1. The third-order valence-electron chi connectivity index (χ3n) is 6.81. The van der Waals surface area contributed by atoms with Crippen LogP contribution in [0, 0.1) is 17.8 Å². The molecular formula is C24H25NO4. The van der Waals surface area contributed by atoms with E-state index in [-0.39, 0.29) is 23.5 Å². The number of hydrogen-bond acceptors (Lipinski definition) is 4. The zero-order valence-electron chi connectivity index (χ0n) is 16.5. The van der Waals surface area contributed by atoms with Gasteiger partial charge in [0.25, 0.3) is 0 Å². The molecule has 2 aliphatic carbocycles. The van der Waals surface area contributed by atoms with Crippen molar-refractivity contribution >= 4 is 11.7 Å². The second-order valence-electron chi connectivity index (χ2n) is 8.41. The largest absolute Gasteiger partial charge is 0.497 e. The highest BCUT2D eigenvalue weighted by Gasteiger charge is 2.70. The number of benzene rings is 2. The minimum Gasteiger partial charge on any atom is -0.497 e. The lowest BCUT2D eigenvalue weighted by molar-refractivity contribution is -0.124. The van der Waals surface area contributed by atoms with Crippen molar-refractivity contribution in [2.75, 3.05) is 13.7 Å². The monoisotopic (exact) mass is 391 g/mol. The molecule has 5 rings (SSSR count). The van der Waals surface area contributed by atoms with Crippen LogP contribution in [0.2, 0.25) is 0 Å². The minimum atomic E-state index is -0.492. The van der Waals surface area contributed by atoms with Crippen LogP contribution in [-0.2, 0) is 11.2 Å². The van der Waals surface area contributed by atoms with Crippen molar-refractivity contribution in [3.05, 3.63) is 59.7 Å². The average molecular weight is 391 g/mol. The molecule has 0 bridgehead atoms. The molecule has 2 fully saturated rings. The van der Waals surface area contributed by atoms with Crippen LogP contribution in [0.15, 0.2) is 48.5 Å². The number of rotatable bonds is 5. The molecule has 1 amide bonds. The second kappa shape index (κ2) is 6.90. The molecule has 2 aromatic carbocycles. The van der Waals surface area contributed by atoms with Crippen LogP contribution in [0.4, 0.5) is 0 Å². The number of methoxy groups -OCH3 is 1. The minimum absolute atomic E-state index is 0.0299. The van der Waals surface area contributed by atoms with Crippen molar-refractivity contribution < 1.29 is 19.1 Å². The topological polar surface area (TPSA) is 64.6 Å². The Bertz CT molecular complexity index is 954. The summed E-state index contributed by atoms with van der Waals surface area (Å²) >= 11 is 0. The van der Waals surface area contributed by atoms with Gasteiger partial charge >= 0.3 is 0 Å². The summed E-state index contributed by atoms with van der Waals surface area (Å²) in [6.45, 7) is 0.608. The summed E-state index contributed by atoms with van der Waals surface area (Å²) in [6, 6.07) is 15.4. The number of fused-ring (bicyclic) bond motifs is 3. The molecule has 1 heterocycles. The van der Waals surface area contributed by atoms with Crippen LogP contribution < -0.4 is 14.8 Å². The predicted molar refractivity (Wildman–Crippen MR) is 108 cm³/mol. The van der Waals surface area contributed by atoms with Crippen LogP contribution >= 0.6 is 0 Å². The van der Waals surface area contributed by atoms with Gasteiger partial charge in [0.2, 0.25) is 5.91 Å². The molecule has 5 heteroatoms. The molecule has 29 heavy (non-hydrogen) atoms. The Hall–Kier alpha value is -2.82. The fraction of sp³-hybridized carbons (Fsp3) is 0.417. The van der Waals surface area contributed by atoms with E-state index in [9.17, 15) is 9.59 Å². The zero-order chi connectivity index (χ0) is 20.0. The molecule has 4 atom stereocenters. The van der Waals surface area contributed by atoms with E-state index >= 15 is 0 Å². The summed E-state index contributed by atoms with van der Waals surface area (Å²) < 4.78 is 11.5.